The summed E-state index contributed by atoms with van der Waals surface area (Å²) in [6, 6.07) is 7.34. The number of halogens is 3. The summed E-state index contributed by atoms with van der Waals surface area (Å²) >= 11 is 0. The third kappa shape index (κ3) is 5.27. The first-order valence-electron chi connectivity index (χ1n) is 8.99. The largest absolute Gasteiger partial charge is 0.463 e. The van der Waals surface area contributed by atoms with Gasteiger partial charge in [-0.1, -0.05) is 12.1 Å². The van der Waals surface area contributed by atoms with Crippen LogP contribution in [0.3, 0.4) is 0 Å². The number of anilines is 1. The van der Waals surface area contributed by atoms with Crippen molar-refractivity contribution in [3.05, 3.63) is 29.8 Å². The van der Waals surface area contributed by atoms with E-state index in [1.165, 1.54) is 4.90 Å². The zero-order valence-corrected chi connectivity index (χ0v) is 14.8. The average Bonchev–Trinajstić information content (AvgIpc) is 3.06. The van der Waals surface area contributed by atoms with Crippen molar-refractivity contribution >= 4 is 17.7 Å². The number of likely N-dealkylation sites (tertiary alicyclic amines) is 1. The number of carbonyl (C=O) groups is 1. The van der Waals surface area contributed by atoms with Gasteiger partial charge in [0.15, 0.2) is 0 Å². The first kappa shape index (κ1) is 19.3. The highest BCUT2D eigenvalue weighted by molar-refractivity contribution is 5.89. The Morgan fingerprint density at radius 1 is 1.26 bits per heavy atom. The zero-order chi connectivity index (χ0) is 19.4. The molecule has 1 saturated heterocycles. The molecule has 0 radical (unpaired) electrons. The molecule has 2 aliphatic rings. The first-order valence-corrected chi connectivity index (χ1v) is 8.99. The number of nitrogens with two attached hydrogens (primary N) is 1. The first-order chi connectivity index (χ1) is 12.8. The van der Waals surface area contributed by atoms with Gasteiger partial charge in [-0.3, -0.25) is 0 Å². The number of hydrogen-bond acceptors (Lipinski definition) is 4. The Labute approximate surface area is 155 Å². The number of aliphatic imine (C=N–C) groups is 1. The molecule has 3 N–H and O–H groups in total. The number of alkyl halides is 3. The van der Waals surface area contributed by atoms with E-state index in [1.54, 1.807) is 12.1 Å². The van der Waals surface area contributed by atoms with Gasteiger partial charge in [0.2, 0.25) is 0 Å². The summed E-state index contributed by atoms with van der Waals surface area (Å²) in [7, 11) is 0. The van der Waals surface area contributed by atoms with Crippen LogP contribution in [0.15, 0.2) is 29.3 Å². The molecular formula is C18H23F3N4O2. The number of rotatable bonds is 4. The van der Waals surface area contributed by atoms with Crippen LogP contribution in [-0.4, -0.2) is 48.9 Å². The van der Waals surface area contributed by atoms with Gasteiger partial charge in [0.1, 0.15) is 6.61 Å². The standard InChI is InChI=1S/C18H23F3N4O2/c19-18(20,21)13-7-9-25(10-8-13)17(26)24-14-4-1-12(2-5-14)3-6-15-11-27-16(22)23-15/h1-2,4-5,13,15H,3,6-11H2,(H2,22,23)(H,24,26). The van der Waals surface area contributed by atoms with Crippen molar-refractivity contribution in [2.24, 2.45) is 16.6 Å². The van der Waals surface area contributed by atoms with Crippen LogP contribution in [0.2, 0.25) is 0 Å². The number of piperidine rings is 1. The van der Waals surface area contributed by atoms with E-state index in [2.05, 4.69) is 10.3 Å². The highest BCUT2D eigenvalue weighted by atomic mass is 19.4. The topological polar surface area (TPSA) is 79.9 Å². The minimum Gasteiger partial charge on any atom is -0.463 e. The molecule has 0 bridgehead atoms. The lowest BCUT2D eigenvalue weighted by molar-refractivity contribution is -0.183. The lowest BCUT2D eigenvalue weighted by Crippen LogP contribution is -2.43. The maximum absolute atomic E-state index is 12.7. The van der Waals surface area contributed by atoms with E-state index in [-0.39, 0.29) is 44.0 Å². The summed E-state index contributed by atoms with van der Waals surface area (Å²) in [5.41, 5.74) is 7.19. The van der Waals surface area contributed by atoms with Crippen molar-refractivity contribution in [1.29, 1.82) is 0 Å². The summed E-state index contributed by atoms with van der Waals surface area (Å²) in [5.74, 6) is -1.31. The van der Waals surface area contributed by atoms with Gasteiger partial charge >= 0.3 is 12.2 Å². The van der Waals surface area contributed by atoms with E-state index >= 15 is 0 Å². The van der Waals surface area contributed by atoms with Gasteiger partial charge in [0, 0.05) is 18.8 Å². The van der Waals surface area contributed by atoms with Crippen LogP contribution in [0.4, 0.5) is 23.7 Å². The number of benzene rings is 1. The van der Waals surface area contributed by atoms with Gasteiger partial charge in [-0.15, -0.1) is 0 Å². The van der Waals surface area contributed by atoms with Gasteiger partial charge in [-0.25, -0.2) is 9.79 Å². The van der Waals surface area contributed by atoms with Gasteiger partial charge < -0.3 is 20.7 Å². The van der Waals surface area contributed by atoms with Crippen molar-refractivity contribution in [3.8, 4) is 0 Å². The third-order valence-corrected chi connectivity index (χ3v) is 4.95. The fourth-order valence-electron chi connectivity index (χ4n) is 3.28. The summed E-state index contributed by atoms with van der Waals surface area (Å²) < 4.78 is 43.2. The molecule has 27 heavy (non-hydrogen) atoms. The maximum atomic E-state index is 12.7. The second-order valence-corrected chi connectivity index (χ2v) is 6.90. The number of ether oxygens (including phenoxy) is 1. The molecule has 0 aromatic heterocycles. The smallest absolute Gasteiger partial charge is 0.391 e. The van der Waals surface area contributed by atoms with Gasteiger partial charge in [0.05, 0.1) is 12.0 Å². The van der Waals surface area contributed by atoms with Crippen LogP contribution in [-0.2, 0) is 11.2 Å². The normalized spacial score (nSPS) is 20.9. The van der Waals surface area contributed by atoms with Crippen molar-refractivity contribution in [3.63, 3.8) is 0 Å². The predicted molar refractivity (Wildman–Crippen MR) is 95.5 cm³/mol. The van der Waals surface area contributed by atoms with E-state index < -0.39 is 12.1 Å². The summed E-state index contributed by atoms with van der Waals surface area (Å²) in [6.45, 7) is 0.730. The van der Waals surface area contributed by atoms with Crippen LogP contribution in [0.1, 0.15) is 24.8 Å². The number of nitrogens with zero attached hydrogens (tertiary/aromatic N) is 2. The molecule has 0 spiro atoms. The quantitative estimate of drug-likeness (QED) is 0.837. The van der Waals surface area contributed by atoms with Crippen LogP contribution in [0, 0.1) is 5.92 Å². The Balaban J connectivity index is 1.45. The summed E-state index contributed by atoms with van der Waals surface area (Å²) in [6.07, 6.45) is -2.65. The Hall–Kier alpha value is -2.45. The van der Waals surface area contributed by atoms with E-state index in [0.29, 0.717) is 12.3 Å². The second-order valence-electron chi connectivity index (χ2n) is 6.90. The van der Waals surface area contributed by atoms with Crippen LogP contribution in [0.25, 0.3) is 0 Å². The lowest BCUT2D eigenvalue weighted by Gasteiger charge is -2.32. The lowest BCUT2D eigenvalue weighted by atomic mass is 9.96. The Bertz CT molecular complexity index is 683. The fourth-order valence-corrected chi connectivity index (χ4v) is 3.28. The third-order valence-electron chi connectivity index (χ3n) is 4.95. The number of nitrogens with one attached hydrogen (secondary N) is 1. The van der Waals surface area contributed by atoms with Crippen molar-refractivity contribution in [1.82, 2.24) is 4.90 Å². The molecule has 3 rings (SSSR count). The molecule has 9 heteroatoms. The number of amides is 2. The minimum atomic E-state index is -4.18. The number of carbonyl (C=O) groups excluding carboxylic acids is 1. The molecule has 1 aromatic rings. The van der Waals surface area contributed by atoms with E-state index in [0.717, 1.165) is 18.4 Å². The number of urea groups is 1. The Morgan fingerprint density at radius 2 is 1.93 bits per heavy atom. The van der Waals surface area contributed by atoms with Crippen molar-refractivity contribution < 1.29 is 22.7 Å². The van der Waals surface area contributed by atoms with Crippen LogP contribution < -0.4 is 11.1 Å². The van der Waals surface area contributed by atoms with Gasteiger partial charge in [-0.2, -0.15) is 13.2 Å². The monoisotopic (exact) mass is 384 g/mol. The molecule has 0 saturated carbocycles. The zero-order valence-electron chi connectivity index (χ0n) is 14.8. The highest BCUT2D eigenvalue weighted by Crippen LogP contribution is 2.34. The SMILES string of the molecule is NC1=NC(CCc2ccc(NC(=O)N3CCC(C(F)(F)F)CC3)cc2)CO1. The fraction of sp³-hybridized carbons (Fsp3) is 0.556. The summed E-state index contributed by atoms with van der Waals surface area (Å²) in [5, 5.41) is 2.74. The van der Waals surface area contributed by atoms with Crippen LogP contribution in [0.5, 0.6) is 0 Å². The minimum absolute atomic E-state index is 0.0479. The Kier molecular flexibility index (Phi) is 5.76. The highest BCUT2D eigenvalue weighted by Gasteiger charge is 2.41. The van der Waals surface area contributed by atoms with E-state index in [4.69, 9.17) is 10.5 Å². The van der Waals surface area contributed by atoms with Gasteiger partial charge in [-0.05, 0) is 43.4 Å². The molecule has 6 nitrogen and oxygen atoms in total. The molecule has 2 aliphatic heterocycles. The number of amidine groups is 1. The average molecular weight is 384 g/mol. The van der Waals surface area contributed by atoms with E-state index in [9.17, 15) is 18.0 Å². The molecule has 148 valence electrons. The van der Waals surface area contributed by atoms with Crippen molar-refractivity contribution in [2.45, 2.75) is 37.9 Å². The predicted octanol–water partition coefficient (Wildman–Crippen LogP) is 3.14. The molecule has 1 atom stereocenters. The molecule has 1 unspecified atom stereocenters. The molecule has 2 heterocycles. The molecular weight excluding hydrogens is 361 g/mol. The molecule has 2 amide bonds. The molecule has 1 fully saturated rings. The Morgan fingerprint density at radius 3 is 2.48 bits per heavy atom. The summed E-state index contributed by atoms with van der Waals surface area (Å²) in [4.78, 5) is 17.8. The maximum Gasteiger partial charge on any atom is 0.391 e. The number of aryl methyl sites for hydroxylation is 1. The number of hydrogen-bond donors (Lipinski definition) is 2. The van der Waals surface area contributed by atoms with Crippen molar-refractivity contribution in [2.75, 3.05) is 25.0 Å². The van der Waals surface area contributed by atoms with E-state index in [1.807, 2.05) is 12.1 Å². The van der Waals surface area contributed by atoms with Crippen LogP contribution >= 0.6 is 0 Å². The van der Waals surface area contributed by atoms with Gasteiger partial charge in [0.25, 0.3) is 6.02 Å². The second kappa shape index (κ2) is 8.06. The molecule has 0 aliphatic carbocycles. The molecule has 1 aromatic carbocycles.